The SMILES string of the molecule is COC(=O)c1ccc(Cl)c(S(=O)(=O)NC(CC(=O)OC(C)C)c2ccccc2[N+](=O)[O-])c1. The van der Waals surface area contributed by atoms with Gasteiger partial charge in [0, 0.05) is 11.6 Å². The molecule has 0 fully saturated rings. The summed E-state index contributed by atoms with van der Waals surface area (Å²) >= 11 is 6.04. The Morgan fingerprint density at radius 1 is 1.19 bits per heavy atom. The summed E-state index contributed by atoms with van der Waals surface area (Å²) in [4.78, 5) is 34.4. The molecule has 0 aliphatic heterocycles. The van der Waals surface area contributed by atoms with Crippen molar-refractivity contribution in [2.45, 2.75) is 37.3 Å². The first kappa shape index (κ1) is 25.2. The van der Waals surface area contributed by atoms with Crippen molar-refractivity contribution in [3.8, 4) is 0 Å². The van der Waals surface area contributed by atoms with Crippen LogP contribution >= 0.6 is 11.6 Å². The van der Waals surface area contributed by atoms with Crippen LogP contribution in [0.2, 0.25) is 5.02 Å². The van der Waals surface area contributed by atoms with Gasteiger partial charge in [-0.1, -0.05) is 29.8 Å². The smallest absolute Gasteiger partial charge is 0.337 e. The fourth-order valence-corrected chi connectivity index (χ4v) is 4.59. The average molecular weight is 485 g/mol. The molecule has 172 valence electrons. The maximum Gasteiger partial charge on any atom is 0.337 e. The van der Waals surface area contributed by atoms with E-state index < -0.39 is 50.3 Å². The van der Waals surface area contributed by atoms with Crippen molar-refractivity contribution < 1.29 is 32.4 Å². The summed E-state index contributed by atoms with van der Waals surface area (Å²) in [7, 11) is -3.31. The van der Waals surface area contributed by atoms with Gasteiger partial charge in [-0.2, -0.15) is 0 Å². The number of halogens is 1. The van der Waals surface area contributed by atoms with Gasteiger partial charge in [-0.3, -0.25) is 14.9 Å². The Bertz CT molecular complexity index is 1130. The lowest BCUT2D eigenvalue weighted by Gasteiger charge is -2.20. The Morgan fingerprint density at radius 2 is 1.84 bits per heavy atom. The normalized spacial score (nSPS) is 12.3. The van der Waals surface area contributed by atoms with Crippen LogP contribution < -0.4 is 4.72 Å². The lowest BCUT2D eigenvalue weighted by Crippen LogP contribution is -2.32. The topological polar surface area (TPSA) is 142 Å². The van der Waals surface area contributed by atoms with Crippen molar-refractivity contribution in [3.63, 3.8) is 0 Å². The highest BCUT2D eigenvalue weighted by atomic mass is 35.5. The van der Waals surface area contributed by atoms with Gasteiger partial charge >= 0.3 is 11.9 Å². The Hall–Kier alpha value is -3.02. The molecule has 1 atom stereocenters. The van der Waals surface area contributed by atoms with E-state index >= 15 is 0 Å². The summed E-state index contributed by atoms with van der Waals surface area (Å²) < 4.78 is 38.2. The van der Waals surface area contributed by atoms with Gasteiger partial charge in [-0.15, -0.1) is 0 Å². The van der Waals surface area contributed by atoms with Crippen LogP contribution in [0.25, 0.3) is 0 Å². The number of hydrogen-bond donors (Lipinski definition) is 1. The van der Waals surface area contributed by atoms with E-state index in [4.69, 9.17) is 16.3 Å². The standard InChI is InChI=1S/C20H21ClN2O8S/c1-12(2)31-19(24)11-16(14-6-4-5-7-17(14)23(26)27)22-32(28,29)18-10-13(20(25)30-3)8-9-15(18)21/h4-10,12,16,22H,11H2,1-3H3. The maximum absolute atomic E-state index is 13.1. The van der Waals surface area contributed by atoms with E-state index in [2.05, 4.69) is 9.46 Å². The van der Waals surface area contributed by atoms with Crippen molar-refractivity contribution >= 4 is 39.3 Å². The van der Waals surface area contributed by atoms with Crippen LogP contribution in [0.5, 0.6) is 0 Å². The highest BCUT2D eigenvalue weighted by Gasteiger charge is 2.31. The van der Waals surface area contributed by atoms with Gasteiger partial charge in [0.15, 0.2) is 0 Å². The van der Waals surface area contributed by atoms with E-state index in [9.17, 15) is 28.1 Å². The van der Waals surface area contributed by atoms with E-state index in [0.29, 0.717) is 0 Å². The number of hydrogen-bond acceptors (Lipinski definition) is 8. The second-order valence-corrected chi connectivity index (χ2v) is 8.96. The van der Waals surface area contributed by atoms with E-state index in [0.717, 1.165) is 13.2 Å². The van der Waals surface area contributed by atoms with Crippen molar-refractivity contribution in [2.24, 2.45) is 0 Å². The van der Waals surface area contributed by atoms with Gasteiger partial charge < -0.3 is 9.47 Å². The van der Waals surface area contributed by atoms with Crippen molar-refractivity contribution in [3.05, 3.63) is 68.7 Å². The average Bonchev–Trinajstić information content (AvgIpc) is 2.72. The maximum atomic E-state index is 13.1. The molecule has 2 rings (SSSR count). The van der Waals surface area contributed by atoms with E-state index in [-0.39, 0.29) is 21.8 Å². The molecule has 2 aromatic rings. The number of nitro benzene ring substituents is 1. The molecule has 1 unspecified atom stereocenters. The highest BCUT2D eigenvalue weighted by molar-refractivity contribution is 7.89. The zero-order valence-corrected chi connectivity index (χ0v) is 19.0. The molecule has 0 saturated carbocycles. The van der Waals surface area contributed by atoms with Gasteiger partial charge in [0.05, 0.1) is 41.2 Å². The number of nitrogens with one attached hydrogen (secondary N) is 1. The van der Waals surface area contributed by atoms with Crippen LogP contribution in [-0.2, 0) is 24.3 Å². The molecular formula is C20H21ClN2O8S. The number of sulfonamides is 1. The second-order valence-electron chi connectivity index (χ2n) is 6.87. The van der Waals surface area contributed by atoms with Crippen molar-refractivity contribution in [2.75, 3.05) is 7.11 Å². The first-order valence-corrected chi connectivity index (χ1v) is 11.2. The predicted molar refractivity (Wildman–Crippen MR) is 115 cm³/mol. The molecule has 0 radical (unpaired) electrons. The molecule has 0 bridgehead atoms. The third-order valence-corrected chi connectivity index (χ3v) is 6.14. The molecule has 10 nitrogen and oxygen atoms in total. The number of methoxy groups -OCH3 is 1. The second kappa shape index (κ2) is 10.5. The number of nitro groups is 1. The largest absolute Gasteiger partial charge is 0.465 e. The predicted octanol–water partition coefficient (Wildman–Crippen LogP) is 3.40. The summed E-state index contributed by atoms with van der Waals surface area (Å²) in [6, 6.07) is 7.57. The molecule has 0 amide bonds. The minimum atomic E-state index is -4.44. The summed E-state index contributed by atoms with van der Waals surface area (Å²) in [5, 5.41) is 11.3. The lowest BCUT2D eigenvalue weighted by atomic mass is 10.0. The fourth-order valence-electron chi connectivity index (χ4n) is 2.85. The molecule has 0 heterocycles. The molecule has 32 heavy (non-hydrogen) atoms. The van der Waals surface area contributed by atoms with E-state index in [1.54, 1.807) is 13.8 Å². The highest BCUT2D eigenvalue weighted by Crippen LogP contribution is 2.31. The van der Waals surface area contributed by atoms with Gasteiger partial charge in [0.25, 0.3) is 5.69 Å². The first-order chi connectivity index (χ1) is 15.0. The van der Waals surface area contributed by atoms with Crippen LogP contribution in [0.1, 0.15) is 42.2 Å². The number of ether oxygens (including phenoxy) is 2. The Kier molecular flexibility index (Phi) is 8.31. The minimum absolute atomic E-state index is 0.0398. The van der Waals surface area contributed by atoms with Crippen LogP contribution in [0.15, 0.2) is 47.4 Å². The Labute approximate surface area is 189 Å². The van der Waals surface area contributed by atoms with Crippen LogP contribution in [0.3, 0.4) is 0 Å². The first-order valence-electron chi connectivity index (χ1n) is 9.29. The molecule has 0 aliphatic carbocycles. The summed E-state index contributed by atoms with van der Waals surface area (Å²) in [5.74, 6) is -1.55. The van der Waals surface area contributed by atoms with Crippen molar-refractivity contribution in [1.82, 2.24) is 4.72 Å². The quantitative estimate of drug-likeness (QED) is 0.324. The number of esters is 2. The third-order valence-electron chi connectivity index (χ3n) is 4.19. The summed E-state index contributed by atoms with van der Waals surface area (Å²) in [5.41, 5.74) is -0.493. The van der Waals surface area contributed by atoms with Gasteiger partial charge in [0.2, 0.25) is 10.0 Å². The molecule has 1 N–H and O–H groups in total. The van der Waals surface area contributed by atoms with Crippen LogP contribution in [-0.4, -0.2) is 38.5 Å². The molecule has 0 saturated heterocycles. The monoisotopic (exact) mass is 484 g/mol. The molecule has 0 aliphatic rings. The van der Waals surface area contributed by atoms with E-state index in [1.165, 1.54) is 36.4 Å². The summed E-state index contributed by atoms with van der Waals surface area (Å²) in [6.07, 6.45) is -0.993. The number of rotatable bonds is 9. The Morgan fingerprint density at radius 3 is 2.44 bits per heavy atom. The van der Waals surface area contributed by atoms with Gasteiger partial charge in [-0.25, -0.2) is 17.9 Å². The van der Waals surface area contributed by atoms with Crippen LogP contribution in [0.4, 0.5) is 5.69 Å². The fraction of sp³-hybridized carbons (Fsp3) is 0.300. The van der Waals surface area contributed by atoms with Gasteiger partial charge in [-0.05, 0) is 32.0 Å². The summed E-state index contributed by atoms with van der Waals surface area (Å²) in [6.45, 7) is 3.22. The number of carbonyl (C=O) groups is 2. The van der Waals surface area contributed by atoms with E-state index in [1.807, 2.05) is 0 Å². The zero-order valence-electron chi connectivity index (χ0n) is 17.4. The molecule has 0 aromatic heterocycles. The molecule has 0 spiro atoms. The third kappa shape index (κ3) is 6.25. The number of nitrogens with zero attached hydrogens (tertiary/aromatic N) is 1. The zero-order chi connectivity index (χ0) is 24.1. The molecule has 2 aromatic carbocycles. The van der Waals surface area contributed by atoms with Crippen molar-refractivity contribution in [1.29, 1.82) is 0 Å². The Balaban J connectivity index is 2.53. The number of carbonyl (C=O) groups excluding carboxylic acids is 2. The molecular weight excluding hydrogens is 464 g/mol. The molecule has 12 heteroatoms. The number of para-hydroxylation sites is 1. The van der Waals surface area contributed by atoms with Crippen LogP contribution in [0, 0.1) is 10.1 Å². The number of benzene rings is 2. The minimum Gasteiger partial charge on any atom is -0.465 e. The lowest BCUT2D eigenvalue weighted by molar-refractivity contribution is -0.385. The van der Waals surface area contributed by atoms with Gasteiger partial charge in [0.1, 0.15) is 4.90 Å².